The van der Waals surface area contributed by atoms with Crippen molar-refractivity contribution < 1.29 is 5.11 Å². The van der Waals surface area contributed by atoms with Crippen LogP contribution in [-0.4, -0.2) is 67.8 Å². The van der Waals surface area contributed by atoms with Crippen LogP contribution in [0.25, 0.3) is 0 Å². The number of anilines is 2. The first-order valence-electron chi connectivity index (χ1n) is 9.77. The number of phenolic OH excluding ortho intramolecular Hbond substituents is 1. The molecule has 28 heavy (non-hydrogen) atoms. The number of phenols is 1. The van der Waals surface area contributed by atoms with Gasteiger partial charge in [-0.1, -0.05) is 18.2 Å². The van der Waals surface area contributed by atoms with Crippen molar-refractivity contribution in [3.8, 4) is 5.75 Å². The molecule has 0 unspecified atom stereocenters. The third-order valence-electron chi connectivity index (χ3n) is 4.83. The van der Waals surface area contributed by atoms with E-state index in [0.29, 0.717) is 12.3 Å². The average molecular weight is 383 g/mol. The molecule has 3 rings (SSSR count). The van der Waals surface area contributed by atoms with E-state index in [4.69, 9.17) is 4.99 Å². The number of guanidine groups is 1. The second-order valence-corrected chi connectivity index (χ2v) is 7.01. The molecule has 1 aliphatic rings. The third kappa shape index (κ3) is 4.65. The maximum atomic E-state index is 10.1. The number of benzene rings is 1. The number of nitrogens with one attached hydrogen (secondary N) is 1. The SMILES string of the molecule is CCNC(=NCc1cccnc1N(C)C)N1CCN(c2ccccc2O)CC1. The predicted molar refractivity (Wildman–Crippen MR) is 115 cm³/mol. The van der Waals surface area contributed by atoms with Crippen LogP contribution in [0.5, 0.6) is 5.75 Å². The van der Waals surface area contributed by atoms with E-state index in [-0.39, 0.29) is 0 Å². The fourth-order valence-electron chi connectivity index (χ4n) is 3.43. The van der Waals surface area contributed by atoms with Crippen LogP contribution in [0.4, 0.5) is 11.5 Å². The Morgan fingerprint density at radius 2 is 1.89 bits per heavy atom. The highest BCUT2D eigenvalue weighted by Crippen LogP contribution is 2.27. The quantitative estimate of drug-likeness (QED) is 0.610. The van der Waals surface area contributed by atoms with Gasteiger partial charge in [-0.15, -0.1) is 0 Å². The topological polar surface area (TPSA) is 67.2 Å². The molecule has 7 nitrogen and oxygen atoms in total. The molecule has 1 aromatic heterocycles. The van der Waals surface area contributed by atoms with E-state index in [2.05, 4.69) is 33.1 Å². The molecule has 2 aromatic rings. The maximum absolute atomic E-state index is 10.1. The van der Waals surface area contributed by atoms with Crippen LogP contribution in [0.1, 0.15) is 12.5 Å². The van der Waals surface area contributed by atoms with Crippen molar-refractivity contribution in [3.05, 3.63) is 48.2 Å². The molecule has 2 N–H and O–H groups in total. The zero-order valence-corrected chi connectivity index (χ0v) is 17.0. The Labute approximate surface area is 167 Å². The number of para-hydroxylation sites is 2. The number of aromatic nitrogens is 1. The number of rotatable bonds is 5. The van der Waals surface area contributed by atoms with Gasteiger partial charge in [0.05, 0.1) is 12.2 Å². The Hall–Kier alpha value is -2.96. The first kappa shape index (κ1) is 19.8. The molecule has 0 amide bonds. The molecule has 0 spiro atoms. The second-order valence-electron chi connectivity index (χ2n) is 7.01. The Morgan fingerprint density at radius 3 is 2.57 bits per heavy atom. The van der Waals surface area contributed by atoms with Crippen molar-refractivity contribution >= 4 is 17.5 Å². The van der Waals surface area contributed by atoms with Gasteiger partial charge in [0.15, 0.2) is 5.96 Å². The largest absolute Gasteiger partial charge is 0.506 e. The van der Waals surface area contributed by atoms with E-state index in [9.17, 15) is 5.11 Å². The number of hydrogen-bond acceptors (Lipinski definition) is 5. The molecular formula is C21H30N6O. The number of piperazine rings is 1. The minimum Gasteiger partial charge on any atom is -0.506 e. The van der Waals surface area contributed by atoms with Gasteiger partial charge < -0.3 is 25.1 Å². The fraction of sp³-hybridized carbons (Fsp3) is 0.429. The molecule has 1 fully saturated rings. The standard InChI is InChI=1S/C21H30N6O/c1-4-22-21(24-16-17-8-7-11-23-20(17)25(2)3)27-14-12-26(13-15-27)18-9-5-6-10-19(18)28/h5-11,28H,4,12-16H2,1-3H3,(H,22,24). The van der Waals surface area contributed by atoms with Crippen molar-refractivity contribution in [2.45, 2.75) is 13.5 Å². The van der Waals surface area contributed by atoms with Crippen molar-refractivity contribution in [1.82, 2.24) is 15.2 Å². The summed E-state index contributed by atoms with van der Waals surface area (Å²) in [5.41, 5.74) is 2.01. The van der Waals surface area contributed by atoms with E-state index in [1.165, 1.54) is 0 Å². The summed E-state index contributed by atoms with van der Waals surface area (Å²) in [6.07, 6.45) is 1.81. The lowest BCUT2D eigenvalue weighted by atomic mass is 10.2. The van der Waals surface area contributed by atoms with Crippen molar-refractivity contribution in [1.29, 1.82) is 0 Å². The predicted octanol–water partition coefficient (Wildman–Crippen LogP) is 2.14. The molecule has 0 bridgehead atoms. The van der Waals surface area contributed by atoms with Gasteiger partial charge in [-0.2, -0.15) is 0 Å². The zero-order valence-electron chi connectivity index (χ0n) is 17.0. The summed E-state index contributed by atoms with van der Waals surface area (Å²) in [4.78, 5) is 15.8. The van der Waals surface area contributed by atoms with E-state index < -0.39 is 0 Å². The molecule has 150 valence electrons. The molecule has 0 aliphatic carbocycles. The normalized spacial score (nSPS) is 14.9. The van der Waals surface area contributed by atoms with Gasteiger partial charge in [-0.05, 0) is 25.1 Å². The number of nitrogens with zero attached hydrogens (tertiary/aromatic N) is 5. The molecular weight excluding hydrogens is 352 g/mol. The highest BCUT2D eigenvalue weighted by Gasteiger charge is 2.21. The minimum atomic E-state index is 0.337. The highest BCUT2D eigenvalue weighted by atomic mass is 16.3. The summed E-state index contributed by atoms with van der Waals surface area (Å²) in [5.74, 6) is 2.21. The van der Waals surface area contributed by atoms with Crippen molar-refractivity contribution in [2.24, 2.45) is 4.99 Å². The summed E-state index contributed by atoms with van der Waals surface area (Å²) in [6, 6.07) is 11.6. The van der Waals surface area contributed by atoms with Gasteiger partial charge in [0.25, 0.3) is 0 Å². The minimum absolute atomic E-state index is 0.337. The van der Waals surface area contributed by atoms with Crippen LogP contribution in [0.15, 0.2) is 47.6 Å². The molecule has 7 heteroatoms. The zero-order chi connectivity index (χ0) is 19.9. The third-order valence-corrected chi connectivity index (χ3v) is 4.83. The lowest BCUT2D eigenvalue weighted by Crippen LogP contribution is -2.52. The number of aromatic hydroxyl groups is 1. The van der Waals surface area contributed by atoms with Crippen LogP contribution in [0, 0.1) is 0 Å². The molecule has 1 aliphatic heterocycles. The van der Waals surface area contributed by atoms with Crippen LogP contribution < -0.4 is 15.1 Å². The Morgan fingerprint density at radius 1 is 1.14 bits per heavy atom. The summed E-state index contributed by atoms with van der Waals surface area (Å²) in [6.45, 7) is 6.90. The van der Waals surface area contributed by atoms with Gasteiger partial charge in [-0.3, -0.25) is 0 Å². The monoisotopic (exact) mass is 382 g/mol. The summed E-state index contributed by atoms with van der Waals surface area (Å²) in [5, 5.41) is 13.5. The smallest absolute Gasteiger partial charge is 0.194 e. The van der Waals surface area contributed by atoms with Crippen LogP contribution in [0.3, 0.4) is 0 Å². The van der Waals surface area contributed by atoms with Gasteiger partial charge >= 0.3 is 0 Å². The number of aliphatic imine (C=N–C) groups is 1. The van der Waals surface area contributed by atoms with Gasteiger partial charge in [0.1, 0.15) is 11.6 Å². The van der Waals surface area contributed by atoms with Crippen LogP contribution in [0.2, 0.25) is 0 Å². The Bertz CT molecular complexity index is 799. The first-order chi connectivity index (χ1) is 13.6. The molecule has 1 saturated heterocycles. The number of hydrogen-bond donors (Lipinski definition) is 2. The lowest BCUT2D eigenvalue weighted by Gasteiger charge is -2.37. The van der Waals surface area contributed by atoms with Gasteiger partial charge in [0, 0.05) is 58.6 Å². The maximum Gasteiger partial charge on any atom is 0.194 e. The lowest BCUT2D eigenvalue weighted by molar-refractivity contribution is 0.369. The summed E-state index contributed by atoms with van der Waals surface area (Å²) < 4.78 is 0. The Kier molecular flexibility index (Phi) is 6.57. The van der Waals surface area contributed by atoms with Gasteiger partial charge in [-0.25, -0.2) is 9.98 Å². The molecule has 1 aromatic carbocycles. The molecule has 0 radical (unpaired) electrons. The molecule has 0 atom stereocenters. The van der Waals surface area contributed by atoms with E-state index in [0.717, 1.165) is 55.8 Å². The summed E-state index contributed by atoms with van der Waals surface area (Å²) in [7, 11) is 4.00. The van der Waals surface area contributed by atoms with E-state index >= 15 is 0 Å². The van der Waals surface area contributed by atoms with E-state index in [1.54, 1.807) is 6.07 Å². The molecule has 0 saturated carbocycles. The number of pyridine rings is 1. The first-order valence-corrected chi connectivity index (χ1v) is 9.77. The van der Waals surface area contributed by atoms with Crippen molar-refractivity contribution in [3.63, 3.8) is 0 Å². The Balaban J connectivity index is 1.68. The second kappa shape index (κ2) is 9.30. The average Bonchev–Trinajstić information content (AvgIpc) is 2.72. The van der Waals surface area contributed by atoms with Crippen molar-refractivity contribution in [2.75, 3.05) is 56.6 Å². The highest BCUT2D eigenvalue weighted by molar-refractivity contribution is 5.80. The van der Waals surface area contributed by atoms with Gasteiger partial charge in [0.2, 0.25) is 0 Å². The molecule has 2 heterocycles. The van der Waals surface area contributed by atoms with E-state index in [1.807, 2.05) is 49.5 Å². The fourth-order valence-corrected chi connectivity index (χ4v) is 3.43. The van der Waals surface area contributed by atoms with Crippen LogP contribution >= 0.6 is 0 Å². The van der Waals surface area contributed by atoms with Crippen LogP contribution in [-0.2, 0) is 6.54 Å². The summed E-state index contributed by atoms with van der Waals surface area (Å²) >= 11 is 0.